The van der Waals surface area contributed by atoms with E-state index in [0.29, 0.717) is 70.1 Å². The molecule has 14 heteroatoms. The average molecular weight is 659 g/mol. The Kier molecular flexibility index (Phi) is 10.3. The van der Waals surface area contributed by atoms with Crippen LogP contribution in [0.1, 0.15) is 24.8 Å². The number of amides is 1. The van der Waals surface area contributed by atoms with Crippen LogP contribution in [0.3, 0.4) is 0 Å². The molecule has 1 amide bonds. The summed E-state index contributed by atoms with van der Waals surface area (Å²) in [5.74, 6) is -0.0728. The van der Waals surface area contributed by atoms with E-state index in [2.05, 4.69) is 42.2 Å². The van der Waals surface area contributed by atoms with Gasteiger partial charge in [-0.3, -0.25) is 14.1 Å². The van der Waals surface area contributed by atoms with Crippen molar-refractivity contribution in [2.75, 3.05) is 76.7 Å². The molecule has 1 N–H and O–H groups in total. The van der Waals surface area contributed by atoms with Crippen molar-refractivity contribution in [3.8, 4) is 23.3 Å². The van der Waals surface area contributed by atoms with Crippen LogP contribution >= 0.6 is 0 Å². The summed E-state index contributed by atoms with van der Waals surface area (Å²) in [5, 5.41) is 12.2. The topological polar surface area (TPSA) is 118 Å². The van der Waals surface area contributed by atoms with E-state index in [4.69, 9.17) is 10.00 Å². The minimum atomic E-state index is -0.586. The molecule has 5 heterocycles. The zero-order valence-electron chi connectivity index (χ0n) is 27.3. The molecular weight excluding hydrogens is 618 g/mol. The number of piperazine rings is 1. The Balaban J connectivity index is 1.20. The van der Waals surface area contributed by atoms with Gasteiger partial charge in [-0.1, -0.05) is 12.1 Å². The Hall–Kier alpha value is -4.87. The molecule has 2 aliphatic rings. The van der Waals surface area contributed by atoms with Crippen molar-refractivity contribution >= 4 is 23.2 Å². The molecule has 2 fully saturated rings. The van der Waals surface area contributed by atoms with Crippen LogP contribution in [0.2, 0.25) is 0 Å². The molecule has 0 bridgehead atoms. The summed E-state index contributed by atoms with van der Waals surface area (Å²) in [6, 6.07) is 12.7. The second-order valence-electron chi connectivity index (χ2n) is 12.5. The van der Waals surface area contributed by atoms with Crippen molar-refractivity contribution in [2.24, 2.45) is 0 Å². The maximum Gasteiger partial charge on any atom is 0.236 e. The molecule has 0 saturated carbocycles. The highest BCUT2D eigenvalue weighted by molar-refractivity contribution is 5.78. The van der Waals surface area contributed by atoms with E-state index >= 15 is 4.39 Å². The fourth-order valence-corrected chi connectivity index (χ4v) is 6.08. The number of anilines is 2. The number of nitrogens with one attached hydrogen (secondary N) is 1. The molecule has 6 rings (SSSR count). The molecule has 1 atom stereocenters. The maximum atomic E-state index is 16.3. The minimum absolute atomic E-state index is 0.0104. The molecule has 252 valence electrons. The number of hydrogen-bond acceptors (Lipinski definition) is 10. The number of halogens is 2. The number of nitrogens with zero attached hydrogens (tertiary/aromatic N) is 9. The Morgan fingerprint density at radius 2 is 1.88 bits per heavy atom. The van der Waals surface area contributed by atoms with Gasteiger partial charge in [0.05, 0.1) is 12.3 Å². The second-order valence-corrected chi connectivity index (χ2v) is 12.5. The fourth-order valence-electron chi connectivity index (χ4n) is 6.08. The number of carbonyl (C=O) groups excluding carboxylic acids is 1. The third kappa shape index (κ3) is 7.80. The molecule has 0 spiro atoms. The van der Waals surface area contributed by atoms with E-state index < -0.39 is 11.6 Å². The van der Waals surface area contributed by atoms with Gasteiger partial charge in [-0.05, 0) is 56.8 Å². The SMILES string of the molecule is CN(C)CCOc1ccc(CN2CCN(c3nc(-c4cnc5ccc(F)cn45)nc(N[C@@H]4CCCN(C(=O)CC#N)C4)c3F)CC2)cc1. The van der Waals surface area contributed by atoms with Crippen LogP contribution < -0.4 is 15.0 Å². The predicted octanol–water partition coefficient (Wildman–Crippen LogP) is 3.65. The number of ether oxygens (including phenoxy) is 1. The lowest BCUT2D eigenvalue weighted by atomic mass is 10.1. The van der Waals surface area contributed by atoms with Crippen molar-refractivity contribution in [3.63, 3.8) is 0 Å². The number of nitriles is 1. The van der Waals surface area contributed by atoms with Crippen molar-refractivity contribution in [1.82, 2.24) is 34.1 Å². The second kappa shape index (κ2) is 14.9. The number of likely N-dealkylation sites (tertiary alicyclic amines) is 1. The van der Waals surface area contributed by atoms with E-state index in [1.807, 2.05) is 37.2 Å². The minimum Gasteiger partial charge on any atom is -0.492 e. The number of carbonyl (C=O) groups is 1. The highest BCUT2D eigenvalue weighted by Gasteiger charge is 2.29. The maximum absolute atomic E-state index is 16.3. The van der Waals surface area contributed by atoms with E-state index in [1.165, 1.54) is 17.8 Å². The fraction of sp³-hybridized carbons (Fsp3) is 0.441. The van der Waals surface area contributed by atoms with Crippen molar-refractivity contribution < 1.29 is 18.3 Å². The normalized spacial score (nSPS) is 17.1. The lowest BCUT2D eigenvalue weighted by Crippen LogP contribution is -2.47. The number of rotatable bonds is 11. The number of benzene rings is 1. The first-order chi connectivity index (χ1) is 23.3. The average Bonchev–Trinajstić information content (AvgIpc) is 3.50. The number of hydrogen-bond donors (Lipinski definition) is 1. The van der Waals surface area contributed by atoms with Gasteiger partial charge in [0.25, 0.3) is 0 Å². The molecule has 2 saturated heterocycles. The van der Waals surface area contributed by atoms with Gasteiger partial charge in [-0.15, -0.1) is 0 Å². The van der Waals surface area contributed by atoms with E-state index in [9.17, 15) is 9.18 Å². The summed E-state index contributed by atoms with van der Waals surface area (Å²) in [6.45, 7) is 5.59. The predicted molar refractivity (Wildman–Crippen MR) is 178 cm³/mol. The van der Waals surface area contributed by atoms with Crippen LogP contribution in [-0.2, 0) is 11.3 Å². The van der Waals surface area contributed by atoms with Crippen LogP contribution in [0.5, 0.6) is 5.75 Å². The summed E-state index contributed by atoms with van der Waals surface area (Å²) in [5.41, 5.74) is 2.10. The Morgan fingerprint density at radius 3 is 2.62 bits per heavy atom. The molecule has 0 unspecified atom stereocenters. The van der Waals surface area contributed by atoms with Crippen molar-refractivity contribution in [1.29, 1.82) is 5.26 Å². The summed E-state index contributed by atoms with van der Waals surface area (Å²) in [4.78, 5) is 34.0. The third-order valence-electron chi connectivity index (χ3n) is 8.69. The molecule has 3 aromatic heterocycles. The van der Waals surface area contributed by atoms with E-state index in [1.54, 1.807) is 21.6 Å². The number of likely N-dealkylation sites (N-methyl/N-ethyl adjacent to an activating group) is 1. The summed E-state index contributed by atoms with van der Waals surface area (Å²) >= 11 is 0. The summed E-state index contributed by atoms with van der Waals surface area (Å²) in [6.07, 6.45) is 4.07. The zero-order valence-corrected chi connectivity index (χ0v) is 27.3. The highest BCUT2D eigenvalue weighted by atomic mass is 19.1. The molecule has 48 heavy (non-hydrogen) atoms. The summed E-state index contributed by atoms with van der Waals surface area (Å²) in [7, 11) is 4.03. The monoisotopic (exact) mass is 658 g/mol. The highest BCUT2D eigenvalue weighted by Crippen LogP contribution is 2.30. The Bertz CT molecular complexity index is 1770. The smallest absolute Gasteiger partial charge is 0.236 e. The molecule has 2 aliphatic heterocycles. The van der Waals surface area contributed by atoms with Crippen LogP contribution in [-0.4, -0.2) is 113 Å². The van der Waals surface area contributed by atoms with Crippen LogP contribution in [0.25, 0.3) is 17.2 Å². The lowest BCUT2D eigenvalue weighted by molar-refractivity contribution is -0.131. The van der Waals surface area contributed by atoms with Gasteiger partial charge in [-0.25, -0.2) is 19.3 Å². The largest absolute Gasteiger partial charge is 0.492 e. The number of piperidine rings is 1. The number of pyridine rings is 1. The van der Waals surface area contributed by atoms with Crippen LogP contribution in [0.4, 0.5) is 20.4 Å². The molecule has 4 aromatic rings. The number of aromatic nitrogens is 4. The van der Waals surface area contributed by atoms with Crippen LogP contribution in [0, 0.1) is 23.0 Å². The van der Waals surface area contributed by atoms with Gasteiger partial charge in [0.1, 0.15) is 35.9 Å². The molecular formula is C34H40F2N10O2. The number of imidazole rings is 1. The zero-order chi connectivity index (χ0) is 33.6. The van der Waals surface area contributed by atoms with Crippen molar-refractivity contribution in [2.45, 2.75) is 31.8 Å². The van der Waals surface area contributed by atoms with Crippen molar-refractivity contribution in [3.05, 3.63) is 66.0 Å². The van der Waals surface area contributed by atoms with Gasteiger partial charge in [-0.2, -0.15) is 9.65 Å². The lowest BCUT2D eigenvalue weighted by Gasteiger charge is -2.36. The Morgan fingerprint density at radius 1 is 1.08 bits per heavy atom. The first-order valence-electron chi connectivity index (χ1n) is 16.2. The van der Waals surface area contributed by atoms with E-state index in [0.717, 1.165) is 18.8 Å². The Labute approximate surface area is 278 Å². The van der Waals surface area contributed by atoms with Gasteiger partial charge in [0.2, 0.25) is 11.7 Å². The first kappa shape index (κ1) is 33.0. The standard InChI is InChI=1S/C34H40F2N10O2/c1-42(2)18-19-48-27-8-5-24(6-9-27)21-43-14-16-44(17-15-43)34-31(36)33(39-26-4-3-13-45(23-26)30(47)11-12-37)40-32(41-34)28-20-38-29-10-7-25(35)22-46(28)29/h5-10,20,22,26H,3-4,11,13-19,21,23H2,1-2H3,(H,39,40,41)/t26-/m1/s1. The molecule has 0 radical (unpaired) electrons. The van der Waals surface area contributed by atoms with Gasteiger partial charge in [0, 0.05) is 64.6 Å². The van der Waals surface area contributed by atoms with Gasteiger partial charge < -0.3 is 24.8 Å². The molecule has 0 aliphatic carbocycles. The summed E-state index contributed by atoms with van der Waals surface area (Å²) < 4.78 is 38.0. The van der Waals surface area contributed by atoms with Gasteiger partial charge in [0.15, 0.2) is 17.5 Å². The molecule has 1 aromatic carbocycles. The van der Waals surface area contributed by atoms with Gasteiger partial charge >= 0.3 is 0 Å². The van der Waals surface area contributed by atoms with Crippen LogP contribution in [0.15, 0.2) is 48.8 Å². The first-order valence-corrected chi connectivity index (χ1v) is 16.2. The quantitative estimate of drug-likeness (QED) is 0.256. The van der Waals surface area contributed by atoms with E-state index in [-0.39, 0.29) is 35.8 Å². The number of fused-ring (bicyclic) bond motifs is 1. The molecule has 12 nitrogen and oxygen atoms in total. The third-order valence-corrected chi connectivity index (χ3v) is 8.69.